The zero-order valence-electron chi connectivity index (χ0n) is 12.2. The van der Waals surface area contributed by atoms with Gasteiger partial charge in [0, 0.05) is 23.2 Å². The van der Waals surface area contributed by atoms with Gasteiger partial charge in [-0.05, 0) is 25.1 Å². The van der Waals surface area contributed by atoms with Crippen LogP contribution < -0.4 is 15.4 Å². The van der Waals surface area contributed by atoms with Gasteiger partial charge in [-0.2, -0.15) is 4.98 Å². The van der Waals surface area contributed by atoms with Crippen molar-refractivity contribution in [3.63, 3.8) is 0 Å². The number of ether oxygens (including phenoxy) is 1. The lowest BCUT2D eigenvalue weighted by atomic mass is 10.2. The summed E-state index contributed by atoms with van der Waals surface area (Å²) in [5, 5.41) is 6.48. The fraction of sp³-hybridized carbons (Fsp3) is 0.333. The minimum atomic E-state index is -0.554. The first-order valence-corrected chi connectivity index (χ1v) is 7.56. The first-order valence-electron chi connectivity index (χ1n) is 7.18. The molecular formula is C15H15ClF2N4O. The number of nitrogens with zero attached hydrogens (tertiary/aromatic N) is 2. The summed E-state index contributed by atoms with van der Waals surface area (Å²) in [6.45, 7) is 1.55. The van der Waals surface area contributed by atoms with Crippen molar-refractivity contribution in [2.75, 3.05) is 18.4 Å². The molecule has 0 amide bonds. The van der Waals surface area contributed by atoms with Crippen molar-refractivity contribution in [3.8, 4) is 6.01 Å². The number of hydrogen-bond donors (Lipinski definition) is 2. The molecule has 0 spiro atoms. The Morgan fingerprint density at radius 3 is 2.96 bits per heavy atom. The third-order valence-corrected chi connectivity index (χ3v) is 3.73. The van der Waals surface area contributed by atoms with E-state index in [-0.39, 0.29) is 24.5 Å². The second-order valence-corrected chi connectivity index (χ2v) is 5.64. The topological polar surface area (TPSA) is 59.1 Å². The zero-order valence-corrected chi connectivity index (χ0v) is 12.9. The van der Waals surface area contributed by atoms with Crippen LogP contribution in [0.2, 0.25) is 5.02 Å². The van der Waals surface area contributed by atoms with Crippen LogP contribution in [0, 0.1) is 11.6 Å². The van der Waals surface area contributed by atoms with Crippen LogP contribution in [0.4, 0.5) is 14.6 Å². The van der Waals surface area contributed by atoms with E-state index < -0.39 is 11.6 Å². The van der Waals surface area contributed by atoms with Crippen molar-refractivity contribution in [3.05, 3.63) is 46.6 Å². The lowest BCUT2D eigenvalue weighted by Crippen LogP contribution is -2.23. The summed E-state index contributed by atoms with van der Waals surface area (Å²) in [5.74, 6) is -0.947. The molecule has 122 valence electrons. The van der Waals surface area contributed by atoms with E-state index in [1.165, 1.54) is 12.1 Å². The monoisotopic (exact) mass is 340 g/mol. The minimum Gasteiger partial charge on any atom is -0.458 e. The molecule has 1 atom stereocenters. The van der Waals surface area contributed by atoms with Crippen LogP contribution in [-0.4, -0.2) is 29.1 Å². The third kappa shape index (κ3) is 4.05. The van der Waals surface area contributed by atoms with Crippen molar-refractivity contribution in [1.82, 2.24) is 15.3 Å². The molecule has 23 heavy (non-hydrogen) atoms. The van der Waals surface area contributed by atoms with Crippen LogP contribution in [0.3, 0.4) is 0 Å². The van der Waals surface area contributed by atoms with Gasteiger partial charge in [0.15, 0.2) is 11.6 Å². The van der Waals surface area contributed by atoms with Crippen LogP contribution in [0.15, 0.2) is 24.4 Å². The molecule has 1 aliphatic heterocycles. The summed E-state index contributed by atoms with van der Waals surface area (Å²) in [5.41, 5.74) is 0.317. The maximum absolute atomic E-state index is 13.8. The first-order chi connectivity index (χ1) is 11.1. The quantitative estimate of drug-likeness (QED) is 0.876. The lowest BCUT2D eigenvalue weighted by Gasteiger charge is -2.13. The Kier molecular flexibility index (Phi) is 4.88. The van der Waals surface area contributed by atoms with E-state index in [4.69, 9.17) is 16.3 Å². The summed E-state index contributed by atoms with van der Waals surface area (Å²) in [6.07, 6.45) is 1.92. The molecule has 5 nitrogen and oxygen atoms in total. The highest BCUT2D eigenvalue weighted by molar-refractivity contribution is 6.30. The molecule has 0 aliphatic carbocycles. The van der Waals surface area contributed by atoms with E-state index in [1.54, 1.807) is 6.07 Å². The van der Waals surface area contributed by atoms with E-state index in [0.717, 1.165) is 25.7 Å². The van der Waals surface area contributed by atoms with E-state index in [2.05, 4.69) is 20.6 Å². The van der Waals surface area contributed by atoms with Gasteiger partial charge in [0.05, 0.1) is 6.20 Å². The van der Waals surface area contributed by atoms with Crippen molar-refractivity contribution >= 4 is 17.4 Å². The predicted molar refractivity (Wildman–Crippen MR) is 82.6 cm³/mol. The Morgan fingerprint density at radius 2 is 2.22 bits per heavy atom. The van der Waals surface area contributed by atoms with E-state index in [1.807, 2.05) is 0 Å². The fourth-order valence-electron chi connectivity index (χ4n) is 2.27. The largest absolute Gasteiger partial charge is 0.458 e. The standard InChI is InChI=1S/C15H15ClF2N4O/c16-10-2-1-9(12(17)5-10)8-23-15-20-7-13(18)14(22-15)21-11-3-4-19-6-11/h1-2,5,7,11,19H,3-4,6,8H2,(H,20,21,22)/t11-/m1/s1. The Hall–Kier alpha value is -1.99. The fourth-order valence-corrected chi connectivity index (χ4v) is 2.43. The Bertz CT molecular complexity index is 695. The molecule has 1 aliphatic rings. The third-order valence-electron chi connectivity index (χ3n) is 3.50. The minimum absolute atomic E-state index is 0.0193. The predicted octanol–water partition coefficient (Wildman–Crippen LogP) is 2.76. The zero-order chi connectivity index (χ0) is 16.2. The summed E-state index contributed by atoms with van der Waals surface area (Å²) in [7, 11) is 0. The molecule has 1 saturated heterocycles. The van der Waals surface area contributed by atoms with Crippen LogP contribution in [0.1, 0.15) is 12.0 Å². The van der Waals surface area contributed by atoms with Crippen LogP contribution in [0.5, 0.6) is 6.01 Å². The van der Waals surface area contributed by atoms with Crippen LogP contribution >= 0.6 is 11.6 Å². The van der Waals surface area contributed by atoms with Gasteiger partial charge in [-0.15, -0.1) is 0 Å². The second kappa shape index (κ2) is 7.06. The molecule has 1 fully saturated rings. The molecule has 0 bridgehead atoms. The molecule has 2 heterocycles. The molecule has 0 unspecified atom stereocenters. The van der Waals surface area contributed by atoms with E-state index >= 15 is 0 Å². The molecule has 1 aromatic carbocycles. The van der Waals surface area contributed by atoms with Crippen LogP contribution in [0.25, 0.3) is 0 Å². The molecule has 0 saturated carbocycles. The number of rotatable bonds is 5. The number of halogens is 3. The average molecular weight is 341 g/mol. The van der Waals surface area contributed by atoms with E-state index in [0.29, 0.717) is 10.6 Å². The Morgan fingerprint density at radius 1 is 1.35 bits per heavy atom. The normalized spacial score (nSPS) is 17.3. The van der Waals surface area contributed by atoms with E-state index in [9.17, 15) is 8.78 Å². The van der Waals surface area contributed by atoms with Gasteiger partial charge >= 0.3 is 6.01 Å². The summed E-state index contributed by atoms with van der Waals surface area (Å²) >= 11 is 5.69. The van der Waals surface area contributed by atoms with Gasteiger partial charge in [0.1, 0.15) is 12.4 Å². The van der Waals surface area contributed by atoms with Gasteiger partial charge < -0.3 is 15.4 Å². The maximum atomic E-state index is 13.8. The Balaban J connectivity index is 1.67. The molecule has 2 N–H and O–H groups in total. The molecule has 3 rings (SSSR count). The smallest absolute Gasteiger partial charge is 0.318 e. The van der Waals surface area contributed by atoms with Gasteiger partial charge in [0.2, 0.25) is 0 Å². The van der Waals surface area contributed by atoms with Gasteiger partial charge in [-0.1, -0.05) is 17.7 Å². The number of anilines is 1. The summed E-state index contributed by atoms with van der Waals surface area (Å²) in [4.78, 5) is 7.77. The van der Waals surface area contributed by atoms with Gasteiger partial charge in [-0.25, -0.2) is 13.8 Å². The number of hydrogen-bond acceptors (Lipinski definition) is 5. The molecule has 2 aromatic rings. The molecule has 8 heteroatoms. The summed E-state index contributed by atoms with van der Waals surface area (Å²) < 4.78 is 32.8. The van der Waals surface area contributed by atoms with Crippen LogP contribution in [-0.2, 0) is 6.61 Å². The average Bonchev–Trinajstić information content (AvgIpc) is 3.02. The van der Waals surface area contributed by atoms with Gasteiger partial charge in [-0.3, -0.25) is 0 Å². The molecule has 0 radical (unpaired) electrons. The highest BCUT2D eigenvalue weighted by Crippen LogP contribution is 2.19. The van der Waals surface area contributed by atoms with Crippen molar-refractivity contribution in [2.24, 2.45) is 0 Å². The SMILES string of the molecule is Fc1cc(Cl)ccc1COc1ncc(F)c(N[C@@H]2CCNC2)n1. The number of benzene rings is 1. The van der Waals surface area contributed by atoms with Gasteiger partial charge in [0.25, 0.3) is 0 Å². The second-order valence-electron chi connectivity index (χ2n) is 5.21. The number of aromatic nitrogens is 2. The van der Waals surface area contributed by atoms with Crippen molar-refractivity contribution in [1.29, 1.82) is 0 Å². The van der Waals surface area contributed by atoms with Crippen molar-refractivity contribution < 1.29 is 13.5 Å². The molecular weight excluding hydrogens is 326 g/mol. The first kappa shape index (κ1) is 15.9. The highest BCUT2D eigenvalue weighted by Gasteiger charge is 2.17. The maximum Gasteiger partial charge on any atom is 0.318 e. The lowest BCUT2D eigenvalue weighted by molar-refractivity contribution is 0.274. The molecule has 1 aromatic heterocycles. The summed E-state index contributed by atoms with van der Waals surface area (Å²) in [6, 6.07) is 4.38. The van der Waals surface area contributed by atoms with Crippen molar-refractivity contribution in [2.45, 2.75) is 19.1 Å². The Labute approximate surface area is 137 Å². The number of nitrogens with one attached hydrogen (secondary N) is 2. The highest BCUT2D eigenvalue weighted by atomic mass is 35.5.